The highest BCUT2D eigenvalue weighted by molar-refractivity contribution is 6.57. The Morgan fingerprint density at radius 3 is 2.33 bits per heavy atom. The van der Waals surface area contributed by atoms with Crippen LogP contribution in [-0.2, 0) is 4.79 Å². The van der Waals surface area contributed by atoms with Crippen molar-refractivity contribution in [2.75, 3.05) is 5.32 Å². The first-order chi connectivity index (χ1) is 6.94. The number of carbonyl (C=O) groups is 1. The van der Waals surface area contributed by atoms with Crippen LogP contribution < -0.4 is 5.32 Å². The minimum atomic E-state index is -2.67. The number of hydrogen-bond acceptors (Lipinski definition) is 3. The van der Waals surface area contributed by atoms with Gasteiger partial charge in [-0.2, -0.15) is 0 Å². The second-order valence-electron chi connectivity index (χ2n) is 2.62. The minimum Gasteiger partial charge on any atom is -0.317 e. The molecule has 0 unspecified atom stereocenters. The zero-order valence-electron chi connectivity index (χ0n) is 7.31. The number of nitrogens with one attached hydrogen (secondary N) is 1. The Morgan fingerprint density at radius 2 is 1.87 bits per heavy atom. The maximum absolute atomic E-state index is 11.3. The molecule has 0 aromatic heterocycles. The third kappa shape index (κ3) is 2.81. The van der Waals surface area contributed by atoms with Crippen LogP contribution in [0.15, 0.2) is 30.3 Å². The molecular weight excluding hydrogens is 243 g/mol. The average Bonchev–Trinajstić information content (AvgIpc) is 2.18. The van der Waals surface area contributed by atoms with Gasteiger partial charge in [-0.1, -0.05) is 18.2 Å². The van der Waals surface area contributed by atoms with Crippen LogP contribution in [0.1, 0.15) is 0 Å². The molecule has 1 aromatic rings. The van der Waals surface area contributed by atoms with Crippen molar-refractivity contribution in [2.45, 2.75) is 4.46 Å². The van der Waals surface area contributed by atoms with Crippen LogP contribution in [-0.4, -0.2) is 15.3 Å². The van der Waals surface area contributed by atoms with Crippen molar-refractivity contribution in [1.82, 2.24) is 0 Å². The van der Waals surface area contributed by atoms with Gasteiger partial charge in [-0.15, -0.1) is 0 Å². The summed E-state index contributed by atoms with van der Waals surface area (Å²) in [4.78, 5) is 20.5. The molecule has 1 amide bonds. The van der Waals surface area contributed by atoms with E-state index in [0.29, 0.717) is 5.69 Å². The van der Waals surface area contributed by atoms with Gasteiger partial charge >= 0.3 is 10.4 Å². The summed E-state index contributed by atoms with van der Waals surface area (Å²) >= 11 is 10.5. The topological polar surface area (TPSA) is 72.2 Å². The van der Waals surface area contributed by atoms with Crippen molar-refractivity contribution < 1.29 is 9.72 Å². The Morgan fingerprint density at radius 1 is 1.33 bits per heavy atom. The Bertz CT molecular complexity index is 381. The van der Waals surface area contributed by atoms with Gasteiger partial charge in [0.25, 0.3) is 0 Å². The number of nitrogens with zero attached hydrogens (tertiary/aromatic N) is 1. The normalized spacial score (nSPS) is 10.8. The van der Waals surface area contributed by atoms with Crippen LogP contribution >= 0.6 is 23.2 Å². The second kappa shape index (κ2) is 4.46. The molecule has 0 saturated heterocycles. The first-order valence-corrected chi connectivity index (χ1v) is 4.59. The summed E-state index contributed by atoms with van der Waals surface area (Å²) in [7, 11) is 0. The Balaban J connectivity index is 2.77. The van der Waals surface area contributed by atoms with E-state index < -0.39 is 15.3 Å². The van der Waals surface area contributed by atoms with E-state index in [2.05, 4.69) is 5.32 Å². The molecule has 15 heavy (non-hydrogen) atoms. The van der Waals surface area contributed by atoms with E-state index in [4.69, 9.17) is 23.2 Å². The molecule has 0 aliphatic carbocycles. The minimum absolute atomic E-state index is 0.384. The lowest BCUT2D eigenvalue weighted by Crippen LogP contribution is -2.39. The number of carbonyl (C=O) groups excluding carboxylic acids is 1. The van der Waals surface area contributed by atoms with Gasteiger partial charge in [0.1, 0.15) is 0 Å². The quantitative estimate of drug-likeness (QED) is 0.385. The van der Waals surface area contributed by atoms with Gasteiger partial charge in [0, 0.05) is 5.69 Å². The molecule has 0 radical (unpaired) electrons. The van der Waals surface area contributed by atoms with Crippen LogP contribution in [0.2, 0.25) is 0 Å². The molecule has 0 saturated carbocycles. The summed E-state index contributed by atoms with van der Waals surface area (Å²) in [6, 6.07) is 8.17. The van der Waals surface area contributed by atoms with Crippen LogP contribution in [0, 0.1) is 10.1 Å². The zero-order chi connectivity index (χ0) is 11.5. The second-order valence-corrected chi connectivity index (χ2v) is 3.91. The number of halogens is 2. The van der Waals surface area contributed by atoms with Crippen LogP contribution in [0.5, 0.6) is 0 Å². The molecule has 80 valence electrons. The number of nitro groups is 1. The number of anilines is 1. The molecule has 0 bridgehead atoms. The van der Waals surface area contributed by atoms with E-state index in [1.54, 1.807) is 30.3 Å². The van der Waals surface area contributed by atoms with Crippen molar-refractivity contribution in [3.8, 4) is 0 Å². The van der Waals surface area contributed by atoms with Crippen molar-refractivity contribution >= 4 is 34.8 Å². The van der Waals surface area contributed by atoms with E-state index in [-0.39, 0.29) is 0 Å². The van der Waals surface area contributed by atoms with Gasteiger partial charge in [-0.05, 0) is 35.3 Å². The number of rotatable bonds is 3. The maximum atomic E-state index is 11.3. The lowest BCUT2D eigenvalue weighted by atomic mass is 10.3. The number of benzene rings is 1. The van der Waals surface area contributed by atoms with Crippen molar-refractivity contribution in [3.05, 3.63) is 40.4 Å². The van der Waals surface area contributed by atoms with Gasteiger partial charge in [0.2, 0.25) is 0 Å². The maximum Gasteiger partial charge on any atom is 0.448 e. The standard InChI is InChI=1S/C8H6Cl2N2O3/c9-8(10,12(14)15)7(13)11-6-4-2-1-3-5-6/h1-5H,(H,11,13). The summed E-state index contributed by atoms with van der Waals surface area (Å²) in [5, 5.41) is 12.6. The van der Waals surface area contributed by atoms with E-state index >= 15 is 0 Å². The lowest BCUT2D eigenvalue weighted by molar-refractivity contribution is -0.500. The first-order valence-electron chi connectivity index (χ1n) is 3.83. The predicted octanol–water partition coefficient (Wildman–Crippen LogP) is 2.03. The van der Waals surface area contributed by atoms with Crippen LogP contribution in [0.3, 0.4) is 0 Å². The monoisotopic (exact) mass is 248 g/mol. The fourth-order valence-electron chi connectivity index (χ4n) is 0.811. The van der Waals surface area contributed by atoms with Crippen LogP contribution in [0.4, 0.5) is 5.69 Å². The molecule has 0 atom stereocenters. The third-order valence-corrected chi connectivity index (χ3v) is 2.15. The summed E-state index contributed by atoms with van der Waals surface area (Å²) < 4.78 is -2.67. The van der Waals surface area contributed by atoms with Gasteiger partial charge in [0.15, 0.2) is 0 Å². The smallest absolute Gasteiger partial charge is 0.317 e. The number of hydrogen-bond donors (Lipinski definition) is 1. The van der Waals surface area contributed by atoms with Gasteiger partial charge in [-0.25, -0.2) is 0 Å². The molecule has 1 N–H and O–H groups in total. The Kier molecular flexibility index (Phi) is 3.49. The van der Waals surface area contributed by atoms with Crippen molar-refractivity contribution in [1.29, 1.82) is 0 Å². The average molecular weight is 249 g/mol. The molecule has 0 heterocycles. The predicted molar refractivity (Wildman–Crippen MR) is 56.5 cm³/mol. The molecule has 1 aromatic carbocycles. The summed E-state index contributed by atoms with van der Waals surface area (Å²) in [5.41, 5.74) is 0.384. The highest BCUT2D eigenvalue weighted by Gasteiger charge is 2.47. The number of alkyl halides is 2. The van der Waals surface area contributed by atoms with Gasteiger partial charge in [-0.3, -0.25) is 14.9 Å². The van der Waals surface area contributed by atoms with Crippen molar-refractivity contribution in [3.63, 3.8) is 0 Å². The van der Waals surface area contributed by atoms with Crippen LogP contribution in [0.25, 0.3) is 0 Å². The van der Waals surface area contributed by atoms with E-state index in [0.717, 1.165) is 0 Å². The van der Waals surface area contributed by atoms with Gasteiger partial charge < -0.3 is 5.32 Å². The Hall–Kier alpha value is -1.33. The highest BCUT2D eigenvalue weighted by Crippen LogP contribution is 2.23. The zero-order valence-corrected chi connectivity index (χ0v) is 8.83. The Labute approximate surface area is 95.1 Å². The van der Waals surface area contributed by atoms with E-state index in [1.807, 2.05) is 0 Å². The van der Waals surface area contributed by atoms with Crippen molar-refractivity contribution in [2.24, 2.45) is 0 Å². The summed E-state index contributed by atoms with van der Waals surface area (Å²) in [5.74, 6) is -1.10. The molecule has 0 aliphatic rings. The summed E-state index contributed by atoms with van der Waals surface area (Å²) in [6.45, 7) is 0. The fraction of sp³-hybridized carbons (Fsp3) is 0.125. The van der Waals surface area contributed by atoms with E-state index in [1.165, 1.54) is 0 Å². The molecule has 7 heteroatoms. The fourth-order valence-corrected chi connectivity index (χ4v) is 0.905. The lowest BCUT2D eigenvalue weighted by Gasteiger charge is -2.10. The first kappa shape index (κ1) is 11.7. The molecule has 0 fully saturated rings. The summed E-state index contributed by atoms with van der Waals surface area (Å²) in [6.07, 6.45) is 0. The number of para-hydroxylation sites is 1. The molecular formula is C8H6Cl2N2O3. The highest BCUT2D eigenvalue weighted by atomic mass is 35.5. The molecule has 5 nitrogen and oxygen atoms in total. The SMILES string of the molecule is O=C(Nc1ccccc1)C(Cl)(Cl)[N+](=O)[O-]. The third-order valence-electron chi connectivity index (χ3n) is 1.53. The van der Waals surface area contributed by atoms with Gasteiger partial charge in [0.05, 0.1) is 4.92 Å². The molecule has 1 rings (SSSR count). The van der Waals surface area contributed by atoms with E-state index in [9.17, 15) is 14.9 Å². The molecule has 0 spiro atoms. The largest absolute Gasteiger partial charge is 0.448 e. The number of amides is 1. The molecule has 0 aliphatic heterocycles.